The van der Waals surface area contributed by atoms with Crippen LogP contribution in [0.5, 0.6) is 5.75 Å². The van der Waals surface area contributed by atoms with E-state index in [2.05, 4.69) is 10.6 Å². The number of nitrogens with zero attached hydrogens (tertiary/aromatic N) is 1. The van der Waals surface area contributed by atoms with E-state index in [9.17, 15) is 19.5 Å². The molecule has 1 aromatic carbocycles. The molecular weight excluding hydrogens is 434 g/mol. The van der Waals surface area contributed by atoms with E-state index in [0.29, 0.717) is 12.0 Å². The van der Waals surface area contributed by atoms with Crippen LogP contribution in [0.15, 0.2) is 24.3 Å². The first-order chi connectivity index (χ1) is 15.9. The number of alkyl carbamates (subject to hydrolysis) is 1. The third-order valence-electron chi connectivity index (χ3n) is 5.68. The summed E-state index contributed by atoms with van der Waals surface area (Å²) in [7, 11) is 0. The first-order valence-electron chi connectivity index (χ1n) is 12.2. The number of hydrogen-bond acceptors (Lipinski definition) is 5. The molecule has 192 valence electrons. The molecule has 8 heteroatoms. The molecule has 8 nitrogen and oxygen atoms in total. The molecule has 0 radical (unpaired) electrons. The molecule has 0 spiro atoms. The van der Waals surface area contributed by atoms with Crippen LogP contribution in [-0.2, 0) is 14.3 Å². The molecular formula is C26H43N3O5. The summed E-state index contributed by atoms with van der Waals surface area (Å²) in [5.74, 6) is -1.06. The summed E-state index contributed by atoms with van der Waals surface area (Å²) in [6, 6.07) is 4.48. The molecule has 1 aromatic rings. The number of phenols is 1. The molecule has 3 N–H and O–H groups in total. The molecule has 0 saturated carbocycles. The Balaban J connectivity index is 3.40. The molecule has 4 unspecified atom stereocenters. The van der Waals surface area contributed by atoms with E-state index >= 15 is 0 Å². The summed E-state index contributed by atoms with van der Waals surface area (Å²) >= 11 is 0. The third kappa shape index (κ3) is 8.54. The van der Waals surface area contributed by atoms with Gasteiger partial charge in [-0.05, 0) is 53.0 Å². The fraction of sp³-hybridized carbons (Fsp3) is 0.654. The van der Waals surface area contributed by atoms with Gasteiger partial charge in [0.25, 0.3) is 0 Å². The van der Waals surface area contributed by atoms with E-state index in [1.807, 2.05) is 27.7 Å². The van der Waals surface area contributed by atoms with Crippen LogP contribution in [0.4, 0.5) is 4.79 Å². The monoisotopic (exact) mass is 477 g/mol. The van der Waals surface area contributed by atoms with Crippen LogP contribution in [0, 0.1) is 5.92 Å². The van der Waals surface area contributed by atoms with Gasteiger partial charge in [0, 0.05) is 18.2 Å². The van der Waals surface area contributed by atoms with Crippen molar-refractivity contribution in [2.24, 2.45) is 5.92 Å². The number of likely N-dealkylation sites (N-methyl/N-ethyl adjacent to an activating group) is 1. The number of rotatable bonds is 11. The number of nitrogens with one attached hydrogen (secondary N) is 2. The zero-order chi connectivity index (χ0) is 26.1. The van der Waals surface area contributed by atoms with Gasteiger partial charge in [0.05, 0.1) is 0 Å². The van der Waals surface area contributed by atoms with E-state index < -0.39 is 29.7 Å². The number of ether oxygens (including phenoxy) is 1. The maximum absolute atomic E-state index is 13.8. The lowest BCUT2D eigenvalue weighted by atomic mass is 9.95. The minimum absolute atomic E-state index is 0.0720. The lowest BCUT2D eigenvalue weighted by Crippen LogP contribution is -2.55. The second-order valence-corrected chi connectivity index (χ2v) is 9.79. The summed E-state index contributed by atoms with van der Waals surface area (Å²) in [5, 5.41) is 16.2. The van der Waals surface area contributed by atoms with Crippen molar-refractivity contribution in [1.82, 2.24) is 15.5 Å². The summed E-state index contributed by atoms with van der Waals surface area (Å²) in [5.41, 5.74) is -0.385. The molecule has 3 amide bonds. The van der Waals surface area contributed by atoms with Gasteiger partial charge in [-0.25, -0.2) is 4.79 Å². The Morgan fingerprint density at radius 1 is 1.06 bits per heavy atom. The Morgan fingerprint density at radius 3 is 2.18 bits per heavy atom. The second kappa shape index (κ2) is 13.2. The van der Waals surface area contributed by atoms with E-state index in [4.69, 9.17) is 4.74 Å². The van der Waals surface area contributed by atoms with Gasteiger partial charge in [0.2, 0.25) is 11.8 Å². The number of phenolic OH excluding ortho intramolecular Hbond substituents is 1. The molecule has 0 aliphatic heterocycles. The summed E-state index contributed by atoms with van der Waals surface area (Å²) in [6.07, 6.45) is 1.62. The van der Waals surface area contributed by atoms with E-state index in [-0.39, 0.29) is 30.2 Å². The molecule has 0 heterocycles. The van der Waals surface area contributed by atoms with Crippen LogP contribution in [-0.4, -0.2) is 52.1 Å². The fourth-order valence-electron chi connectivity index (χ4n) is 3.76. The number of hydrogen-bond donors (Lipinski definition) is 3. The average molecular weight is 478 g/mol. The largest absolute Gasteiger partial charge is 0.508 e. The molecule has 34 heavy (non-hydrogen) atoms. The molecule has 0 saturated heterocycles. The topological polar surface area (TPSA) is 108 Å². The molecule has 4 atom stereocenters. The quantitative estimate of drug-likeness (QED) is 0.434. The molecule has 0 bridgehead atoms. The summed E-state index contributed by atoms with van der Waals surface area (Å²) < 4.78 is 5.38. The Morgan fingerprint density at radius 2 is 1.68 bits per heavy atom. The number of amides is 3. The van der Waals surface area contributed by atoms with Gasteiger partial charge < -0.3 is 25.4 Å². The van der Waals surface area contributed by atoms with Crippen LogP contribution in [0.2, 0.25) is 0 Å². The lowest BCUT2D eigenvalue weighted by Gasteiger charge is -2.36. The molecule has 0 aliphatic rings. The van der Waals surface area contributed by atoms with Gasteiger partial charge in [-0.3, -0.25) is 9.59 Å². The van der Waals surface area contributed by atoms with Crippen molar-refractivity contribution in [1.29, 1.82) is 0 Å². The number of benzene rings is 1. The Hall–Kier alpha value is -2.77. The highest BCUT2D eigenvalue weighted by molar-refractivity contribution is 5.92. The average Bonchev–Trinajstić information content (AvgIpc) is 2.74. The number of para-hydroxylation sites is 1. The maximum Gasteiger partial charge on any atom is 0.408 e. The second-order valence-electron chi connectivity index (χ2n) is 9.79. The SMILES string of the molecule is CCCC(C)NC(=O)C(c1ccccc1O)N(CC)C(=O)C(NC(=O)OC(C)(C)C)C(C)CC. The van der Waals surface area contributed by atoms with Crippen LogP contribution in [0.25, 0.3) is 0 Å². The van der Waals surface area contributed by atoms with Gasteiger partial charge in [0.1, 0.15) is 23.4 Å². The van der Waals surface area contributed by atoms with E-state index in [1.165, 1.54) is 11.0 Å². The van der Waals surface area contributed by atoms with E-state index in [0.717, 1.165) is 12.8 Å². The van der Waals surface area contributed by atoms with Crippen molar-refractivity contribution in [3.05, 3.63) is 29.8 Å². The Labute approximate surface area is 204 Å². The predicted molar refractivity (Wildman–Crippen MR) is 133 cm³/mol. The van der Waals surface area contributed by atoms with Crippen molar-refractivity contribution in [2.75, 3.05) is 6.54 Å². The zero-order valence-electron chi connectivity index (χ0n) is 22.0. The van der Waals surface area contributed by atoms with Crippen LogP contribution in [0.3, 0.4) is 0 Å². The van der Waals surface area contributed by atoms with Crippen molar-refractivity contribution in [2.45, 2.75) is 98.4 Å². The first-order valence-corrected chi connectivity index (χ1v) is 12.2. The van der Waals surface area contributed by atoms with Gasteiger partial charge in [-0.1, -0.05) is 51.8 Å². The van der Waals surface area contributed by atoms with Gasteiger partial charge in [0.15, 0.2) is 0 Å². The minimum atomic E-state index is -1.05. The van der Waals surface area contributed by atoms with Crippen LogP contribution >= 0.6 is 0 Å². The van der Waals surface area contributed by atoms with Crippen LogP contribution in [0.1, 0.15) is 86.3 Å². The molecule has 0 aliphatic carbocycles. The summed E-state index contributed by atoms with van der Waals surface area (Å²) in [4.78, 5) is 41.2. The third-order valence-corrected chi connectivity index (χ3v) is 5.68. The number of aromatic hydroxyl groups is 1. The van der Waals surface area contributed by atoms with Crippen LogP contribution < -0.4 is 10.6 Å². The van der Waals surface area contributed by atoms with Gasteiger partial charge >= 0.3 is 6.09 Å². The van der Waals surface area contributed by atoms with Crippen molar-refractivity contribution >= 4 is 17.9 Å². The minimum Gasteiger partial charge on any atom is -0.508 e. The van der Waals surface area contributed by atoms with Gasteiger partial charge in [-0.2, -0.15) is 0 Å². The van der Waals surface area contributed by atoms with E-state index in [1.54, 1.807) is 45.9 Å². The Bertz CT molecular complexity index is 821. The summed E-state index contributed by atoms with van der Waals surface area (Å²) in [6.45, 7) is 15.0. The van der Waals surface area contributed by atoms with Gasteiger partial charge in [-0.15, -0.1) is 0 Å². The predicted octanol–water partition coefficient (Wildman–Crippen LogP) is 4.53. The molecule has 0 fully saturated rings. The highest BCUT2D eigenvalue weighted by Gasteiger charge is 2.38. The highest BCUT2D eigenvalue weighted by Crippen LogP contribution is 2.30. The lowest BCUT2D eigenvalue weighted by molar-refractivity contribution is -0.143. The number of carbonyl (C=O) groups is 3. The first kappa shape index (κ1) is 29.3. The smallest absolute Gasteiger partial charge is 0.408 e. The van der Waals surface area contributed by atoms with Crippen molar-refractivity contribution in [3.8, 4) is 5.75 Å². The Kier molecular flexibility index (Phi) is 11.4. The van der Waals surface area contributed by atoms with Crippen molar-refractivity contribution in [3.63, 3.8) is 0 Å². The molecule has 1 rings (SSSR count). The highest BCUT2D eigenvalue weighted by atomic mass is 16.6. The zero-order valence-corrected chi connectivity index (χ0v) is 22.0. The molecule has 0 aromatic heterocycles. The standard InChI is InChI=1S/C26H43N3O5/c1-9-14-18(5)27-23(31)22(19-15-12-13-16-20(19)30)29(11-3)24(32)21(17(4)10-2)28-25(33)34-26(6,7)8/h12-13,15-18,21-22,30H,9-11,14H2,1-8H3,(H,27,31)(H,28,33). The number of carbonyl (C=O) groups excluding carboxylic acids is 3. The van der Waals surface area contributed by atoms with Crippen molar-refractivity contribution < 1.29 is 24.2 Å². The fourth-order valence-corrected chi connectivity index (χ4v) is 3.76. The normalized spacial score (nSPS) is 14.9. The maximum atomic E-state index is 13.8.